The number of H-pyrrole nitrogens is 1. The number of hydrogen-bond acceptors (Lipinski definition) is 3. The molecule has 3 N–H and O–H groups in total. The third-order valence-corrected chi connectivity index (χ3v) is 4.54. The van der Waals surface area contributed by atoms with Gasteiger partial charge in [-0.1, -0.05) is 13.3 Å². The van der Waals surface area contributed by atoms with Crippen LogP contribution in [0.1, 0.15) is 65.2 Å². The highest BCUT2D eigenvalue weighted by Gasteiger charge is 2.30. The summed E-state index contributed by atoms with van der Waals surface area (Å²) in [7, 11) is 0. The molecule has 2 rings (SSSR count). The number of rotatable bonds is 5. The Morgan fingerprint density at radius 1 is 1.26 bits per heavy atom. The number of aryl methyl sites for hydroxylation is 1. The van der Waals surface area contributed by atoms with Gasteiger partial charge in [0.1, 0.15) is 5.69 Å². The fourth-order valence-electron chi connectivity index (χ4n) is 3.36. The molecular weight excluding hydrogens is 294 g/mol. The van der Waals surface area contributed by atoms with Gasteiger partial charge in [-0.25, -0.2) is 0 Å². The van der Waals surface area contributed by atoms with Gasteiger partial charge in [-0.2, -0.15) is 0 Å². The highest BCUT2D eigenvalue weighted by Crippen LogP contribution is 2.25. The molecule has 0 radical (unpaired) electrons. The Labute approximate surface area is 136 Å². The van der Waals surface area contributed by atoms with E-state index in [1.54, 1.807) is 4.90 Å². The molecule has 0 saturated carbocycles. The summed E-state index contributed by atoms with van der Waals surface area (Å²) in [4.78, 5) is 40.8. The van der Waals surface area contributed by atoms with Crippen molar-refractivity contribution in [2.75, 3.05) is 13.1 Å². The van der Waals surface area contributed by atoms with Crippen LogP contribution in [0.25, 0.3) is 0 Å². The van der Waals surface area contributed by atoms with E-state index < -0.39 is 0 Å². The average Bonchev–Trinajstić information content (AvgIpc) is 2.83. The molecule has 126 valence electrons. The molecule has 6 nitrogen and oxygen atoms in total. The average molecular weight is 319 g/mol. The van der Waals surface area contributed by atoms with E-state index in [0.717, 1.165) is 17.7 Å². The van der Waals surface area contributed by atoms with Crippen LogP contribution >= 0.6 is 0 Å². The first-order valence-electron chi connectivity index (χ1n) is 8.17. The Balaban J connectivity index is 2.24. The predicted molar refractivity (Wildman–Crippen MR) is 87.4 cm³/mol. The third kappa shape index (κ3) is 3.46. The second-order valence-corrected chi connectivity index (χ2v) is 6.25. The summed E-state index contributed by atoms with van der Waals surface area (Å²) < 4.78 is 0. The lowest BCUT2D eigenvalue weighted by atomic mass is 9.95. The Morgan fingerprint density at radius 2 is 1.87 bits per heavy atom. The van der Waals surface area contributed by atoms with Crippen molar-refractivity contribution in [3.05, 3.63) is 22.5 Å². The number of nitrogens with two attached hydrogens (primary N) is 1. The highest BCUT2D eigenvalue weighted by atomic mass is 16.2. The standard InChI is InChI=1S/C17H25N3O3/c1-4-5-13-14(11(3)21)10(2)19-15(13)17(23)20-8-6-12(7-9-20)16(18)22/h12,19H,4-9H2,1-3H3,(H2,18,22). The number of nitrogens with zero attached hydrogens (tertiary/aromatic N) is 1. The number of carbonyl (C=O) groups is 3. The lowest BCUT2D eigenvalue weighted by Crippen LogP contribution is -2.42. The number of hydrogen-bond donors (Lipinski definition) is 2. The Kier molecular flexibility index (Phi) is 5.23. The van der Waals surface area contributed by atoms with Crippen LogP contribution in [-0.2, 0) is 11.2 Å². The van der Waals surface area contributed by atoms with Gasteiger partial charge in [0.25, 0.3) is 5.91 Å². The summed E-state index contributed by atoms with van der Waals surface area (Å²) in [6.07, 6.45) is 2.76. The fourth-order valence-corrected chi connectivity index (χ4v) is 3.36. The molecule has 1 aliphatic heterocycles. The minimum atomic E-state index is -0.293. The quantitative estimate of drug-likeness (QED) is 0.810. The van der Waals surface area contributed by atoms with E-state index in [-0.39, 0.29) is 23.5 Å². The molecule has 0 atom stereocenters. The molecule has 0 aromatic carbocycles. The number of Topliss-reactive ketones (excluding diaryl/α,β-unsaturated/α-hetero) is 1. The first-order valence-corrected chi connectivity index (χ1v) is 8.17. The molecule has 23 heavy (non-hydrogen) atoms. The van der Waals surface area contributed by atoms with E-state index in [2.05, 4.69) is 4.98 Å². The Bertz CT molecular complexity index is 625. The maximum Gasteiger partial charge on any atom is 0.270 e. The van der Waals surface area contributed by atoms with Crippen LogP contribution in [-0.4, -0.2) is 40.6 Å². The number of aromatic nitrogens is 1. The molecule has 1 fully saturated rings. The number of carbonyl (C=O) groups excluding carboxylic acids is 3. The van der Waals surface area contributed by atoms with Gasteiger partial charge >= 0.3 is 0 Å². The predicted octanol–water partition coefficient (Wildman–Crippen LogP) is 1.82. The third-order valence-electron chi connectivity index (χ3n) is 4.54. The summed E-state index contributed by atoms with van der Waals surface area (Å²) in [6, 6.07) is 0. The zero-order valence-electron chi connectivity index (χ0n) is 14.1. The van der Waals surface area contributed by atoms with Crippen LogP contribution < -0.4 is 5.73 Å². The van der Waals surface area contributed by atoms with Crippen molar-refractivity contribution < 1.29 is 14.4 Å². The Hall–Kier alpha value is -2.11. The number of nitrogens with one attached hydrogen (secondary N) is 1. The van der Waals surface area contributed by atoms with Crippen LogP contribution in [0.5, 0.6) is 0 Å². The van der Waals surface area contributed by atoms with Crippen LogP contribution in [0.2, 0.25) is 0 Å². The van der Waals surface area contributed by atoms with Gasteiger partial charge in [0.05, 0.1) is 0 Å². The zero-order valence-corrected chi connectivity index (χ0v) is 14.1. The van der Waals surface area contributed by atoms with Crippen molar-refractivity contribution in [1.82, 2.24) is 9.88 Å². The lowest BCUT2D eigenvalue weighted by molar-refractivity contribution is -0.123. The highest BCUT2D eigenvalue weighted by molar-refractivity contribution is 6.02. The fraction of sp³-hybridized carbons (Fsp3) is 0.588. The molecule has 0 bridgehead atoms. The molecular formula is C17H25N3O3. The maximum atomic E-state index is 12.8. The maximum absolute atomic E-state index is 12.8. The number of piperidine rings is 1. The molecule has 2 amide bonds. The van der Waals surface area contributed by atoms with Gasteiger partial charge in [0.15, 0.2) is 5.78 Å². The molecule has 6 heteroatoms. The van der Waals surface area contributed by atoms with Gasteiger partial charge < -0.3 is 15.6 Å². The van der Waals surface area contributed by atoms with Gasteiger partial charge in [0.2, 0.25) is 5.91 Å². The zero-order chi connectivity index (χ0) is 17.1. The normalized spacial score (nSPS) is 15.7. The molecule has 0 unspecified atom stereocenters. The van der Waals surface area contributed by atoms with Crippen molar-refractivity contribution >= 4 is 17.6 Å². The minimum absolute atomic E-state index is 0.0197. The van der Waals surface area contributed by atoms with Crippen molar-refractivity contribution in [2.45, 2.75) is 46.5 Å². The monoisotopic (exact) mass is 319 g/mol. The van der Waals surface area contributed by atoms with Crippen LogP contribution in [0.15, 0.2) is 0 Å². The topological polar surface area (TPSA) is 96.3 Å². The largest absolute Gasteiger partial charge is 0.369 e. The van der Waals surface area contributed by atoms with E-state index in [1.807, 2.05) is 13.8 Å². The summed E-state index contributed by atoms with van der Waals surface area (Å²) in [5.41, 5.74) is 8.06. The van der Waals surface area contributed by atoms with E-state index in [4.69, 9.17) is 5.73 Å². The SMILES string of the molecule is CCCc1c(C(=O)N2CCC(C(N)=O)CC2)[nH]c(C)c1C(C)=O. The molecule has 0 aliphatic carbocycles. The summed E-state index contributed by atoms with van der Waals surface area (Å²) in [5, 5.41) is 0. The lowest BCUT2D eigenvalue weighted by Gasteiger charge is -2.30. The van der Waals surface area contributed by atoms with Crippen molar-refractivity contribution in [1.29, 1.82) is 0 Å². The van der Waals surface area contributed by atoms with Gasteiger partial charge in [-0.05, 0) is 38.7 Å². The summed E-state index contributed by atoms with van der Waals surface area (Å²) >= 11 is 0. The van der Waals surface area contributed by atoms with E-state index in [1.165, 1.54) is 6.92 Å². The smallest absolute Gasteiger partial charge is 0.270 e. The first kappa shape index (κ1) is 17.2. The minimum Gasteiger partial charge on any atom is -0.369 e. The molecule has 0 spiro atoms. The molecule has 1 aliphatic rings. The van der Waals surface area contributed by atoms with Crippen molar-refractivity contribution in [3.8, 4) is 0 Å². The van der Waals surface area contributed by atoms with Gasteiger partial charge in [-0.3, -0.25) is 14.4 Å². The van der Waals surface area contributed by atoms with E-state index in [9.17, 15) is 14.4 Å². The first-order chi connectivity index (χ1) is 10.9. The molecule has 1 aromatic heterocycles. The second-order valence-electron chi connectivity index (χ2n) is 6.25. The van der Waals surface area contributed by atoms with E-state index in [0.29, 0.717) is 43.6 Å². The number of ketones is 1. The number of likely N-dealkylation sites (tertiary alicyclic amines) is 1. The molecule has 2 heterocycles. The van der Waals surface area contributed by atoms with Crippen molar-refractivity contribution in [2.24, 2.45) is 11.7 Å². The second kappa shape index (κ2) is 6.98. The number of primary amides is 1. The summed E-state index contributed by atoms with van der Waals surface area (Å²) in [5.74, 6) is -0.550. The number of amides is 2. The van der Waals surface area contributed by atoms with Crippen LogP contribution in [0.3, 0.4) is 0 Å². The van der Waals surface area contributed by atoms with E-state index >= 15 is 0 Å². The summed E-state index contributed by atoms with van der Waals surface area (Å²) in [6.45, 7) is 6.42. The van der Waals surface area contributed by atoms with Crippen LogP contribution in [0.4, 0.5) is 0 Å². The van der Waals surface area contributed by atoms with Crippen LogP contribution in [0, 0.1) is 12.8 Å². The van der Waals surface area contributed by atoms with Crippen molar-refractivity contribution in [3.63, 3.8) is 0 Å². The Morgan fingerprint density at radius 3 is 2.35 bits per heavy atom. The number of aromatic amines is 1. The molecule has 1 saturated heterocycles. The van der Waals surface area contributed by atoms with Gasteiger partial charge in [0, 0.05) is 30.3 Å². The van der Waals surface area contributed by atoms with Gasteiger partial charge in [-0.15, -0.1) is 0 Å². The molecule has 1 aromatic rings.